The van der Waals surface area contributed by atoms with Gasteiger partial charge in [-0.2, -0.15) is 0 Å². The van der Waals surface area contributed by atoms with E-state index in [0.717, 1.165) is 0 Å². The van der Waals surface area contributed by atoms with Crippen molar-refractivity contribution < 1.29 is 24.2 Å². The molecule has 0 saturated carbocycles. The number of aromatic hydroxyl groups is 1. The number of hydrogen-bond acceptors (Lipinski definition) is 5. The number of esters is 1. The van der Waals surface area contributed by atoms with Gasteiger partial charge in [0.25, 0.3) is 0 Å². The Labute approximate surface area is 155 Å². The van der Waals surface area contributed by atoms with Gasteiger partial charge in [0.05, 0.1) is 0 Å². The summed E-state index contributed by atoms with van der Waals surface area (Å²) in [6, 6.07) is 10.2. The second-order valence-corrected chi connectivity index (χ2v) is 6.32. The molecule has 0 aliphatic heterocycles. The lowest BCUT2D eigenvalue weighted by Crippen LogP contribution is -2.18. The van der Waals surface area contributed by atoms with E-state index in [9.17, 15) is 19.5 Å². The van der Waals surface area contributed by atoms with Crippen LogP contribution in [0.2, 0.25) is 5.02 Å². The average Bonchev–Trinajstić information content (AvgIpc) is 2.59. The molecular formula is C19H18ClNO5. The molecule has 0 bridgehead atoms. The Bertz CT molecular complexity index is 830. The Morgan fingerprint density at radius 3 is 2.35 bits per heavy atom. The van der Waals surface area contributed by atoms with Crippen molar-refractivity contribution in [2.45, 2.75) is 13.8 Å². The van der Waals surface area contributed by atoms with Gasteiger partial charge in [0.1, 0.15) is 11.3 Å². The first-order valence-corrected chi connectivity index (χ1v) is 8.25. The number of anilines is 1. The molecule has 0 atom stereocenters. The minimum atomic E-state index is -0.826. The van der Waals surface area contributed by atoms with Gasteiger partial charge in [-0.1, -0.05) is 25.4 Å². The SMILES string of the molecule is CC(C)C(=O)Nc1ccc(C(=O)COC(=O)c2ccc(Cl)cc2O)cc1. The number of phenolic OH excluding ortho intramolecular Hbond substituents is 1. The molecule has 2 aromatic carbocycles. The van der Waals surface area contributed by atoms with Crippen LogP contribution in [0.15, 0.2) is 42.5 Å². The molecule has 2 aromatic rings. The average molecular weight is 376 g/mol. The summed E-state index contributed by atoms with van der Waals surface area (Å²) in [6.45, 7) is 3.08. The summed E-state index contributed by atoms with van der Waals surface area (Å²) in [6.07, 6.45) is 0. The van der Waals surface area contributed by atoms with Crippen molar-refractivity contribution in [3.8, 4) is 5.75 Å². The van der Waals surface area contributed by atoms with Crippen molar-refractivity contribution in [3.05, 3.63) is 58.6 Å². The number of carbonyl (C=O) groups is 3. The van der Waals surface area contributed by atoms with Gasteiger partial charge in [-0.25, -0.2) is 4.79 Å². The van der Waals surface area contributed by atoms with Crippen LogP contribution in [0.3, 0.4) is 0 Å². The number of amides is 1. The van der Waals surface area contributed by atoms with E-state index in [2.05, 4.69) is 5.32 Å². The fraction of sp³-hybridized carbons (Fsp3) is 0.211. The molecule has 2 rings (SSSR count). The predicted octanol–water partition coefficient (Wildman–Crippen LogP) is 3.68. The van der Waals surface area contributed by atoms with Crippen molar-refractivity contribution >= 4 is 34.9 Å². The molecule has 1 amide bonds. The number of nitrogens with one attached hydrogen (secondary N) is 1. The van der Waals surface area contributed by atoms with Gasteiger partial charge < -0.3 is 15.2 Å². The Kier molecular flexibility index (Phi) is 6.36. The molecule has 7 heteroatoms. The zero-order chi connectivity index (χ0) is 19.3. The van der Waals surface area contributed by atoms with Gasteiger partial charge in [-0.3, -0.25) is 9.59 Å². The van der Waals surface area contributed by atoms with Crippen molar-refractivity contribution in [1.29, 1.82) is 0 Å². The molecule has 0 spiro atoms. The van der Waals surface area contributed by atoms with Crippen molar-refractivity contribution in [2.75, 3.05) is 11.9 Å². The standard InChI is InChI=1S/C19H18ClNO5/c1-11(2)18(24)21-14-6-3-12(4-7-14)17(23)10-26-19(25)15-8-5-13(20)9-16(15)22/h3-9,11,22H,10H2,1-2H3,(H,21,24). The summed E-state index contributed by atoms with van der Waals surface area (Å²) < 4.78 is 4.93. The van der Waals surface area contributed by atoms with Crippen LogP contribution < -0.4 is 5.32 Å². The number of carbonyl (C=O) groups excluding carboxylic acids is 3. The normalized spacial score (nSPS) is 10.5. The first-order chi connectivity index (χ1) is 12.3. The fourth-order valence-corrected chi connectivity index (χ4v) is 2.16. The summed E-state index contributed by atoms with van der Waals surface area (Å²) in [5, 5.41) is 12.7. The van der Waals surface area contributed by atoms with Crippen molar-refractivity contribution in [2.24, 2.45) is 5.92 Å². The van der Waals surface area contributed by atoms with Gasteiger partial charge in [0.15, 0.2) is 12.4 Å². The molecule has 136 valence electrons. The summed E-state index contributed by atoms with van der Waals surface area (Å²) >= 11 is 5.70. The number of Topliss-reactive ketones (excluding diaryl/α,β-unsaturated/α-hetero) is 1. The van der Waals surface area contributed by atoms with Crippen LogP contribution in [0, 0.1) is 5.92 Å². The van der Waals surface area contributed by atoms with E-state index >= 15 is 0 Å². The largest absolute Gasteiger partial charge is 0.507 e. The highest BCUT2D eigenvalue weighted by Crippen LogP contribution is 2.22. The molecular weight excluding hydrogens is 358 g/mol. The lowest BCUT2D eigenvalue weighted by atomic mass is 10.1. The van der Waals surface area contributed by atoms with Crippen LogP contribution in [-0.4, -0.2) is 29.4 Å². The molecule has 0 fully saturated rings. The lowest BCUT2D eigenvalue weighted by molar-refractivity contribution is -0.118. The minimum Gasteiger partial charge on any atom is -0.507 e. The molecule has 0 aliphatic rings. The minimum absolute atomic E-state index is 0.0751. The zero-order valence-corrected chi connectivity index (χ0v) is 15.0. The molecule has 0 saturated heterocycles. The maximum Gasteiger partial charge on any atom is 0.342 e. The van der Waals surface area contributed by atoms with Crippen LogP contribution in [0.4, 0.5) is 5.69 Å². The smallest absolute Gasteiger partial charge is 0.342 e. The van der Waals surface area contributed by atoms with Crippen LogP contribution in [-0.2, 0) is 9.53 Å². The van der Waals surface area contributed by atoms with Crippen LogP contribution in [0.5, 0.6) is 5.75 Å². The van der Waals surface area contributed by atoms with Crippen LogP contribution in [0.25, 0.3) is 0 Å². The maximum atomic E-state index is 12.1. The predicted molar refractivity (Wildman–Crippen MR) is 97.6 cm³/mol. The van der Waals surface area contributed by atoms with Crippen molar-refractivity contribution in [1.82, 2.24) is 0 Å². The van der Waals surface area contributed by atoms with E-state index in [1.165, 1.54) is 30.3 Å². The molecule has 0 heterocycles. The summed E-state index contributed by atoms with van der Waals surface area (Å²) in [4.78, 5) is 35.7. The third kappa shape index (κ3) is 5.07. The van der Waals surface area contributed by atoms with E-state index in [0.29, 0.717) is 11.3 Å². The lowest BCUT2D eigenvalue weighted by Gasteiger charge is -2.09. The van der Waals surface area contributed by atoms with E-state index in [1.54, 1.807) is 26.0 Å². The highest BCUT2D eigenvalue weighted by atomic mass is 35.5. The summed E-state index contributed by atoms with van der Waals surface area (Å²) in [5.74, 6) is -1.83. The molecule has 2 N–H and O–H groups in total. The zero-order valence-electron chi connectivity index (χ0n) is 14.3. The van der Waals surface area contributed by atoms with E-state index in [4.69, 9.17) is 16.3 Å². The topological polar surface area (TPSA) is 92.7 Å². The van der Waals surface area contributed by atoms with Crippen LogP contribution >= 0.6 is 11.6 Å². The van der Waals surface area contributed by atoms with E-state index in [-0.39, 0.29) is 28.2 Å². The number of rotatable bonds is 6. The number of ketones is 1. The monoisotopic (exact) mass is 375 g/mol. The first kappa shape index (κ1) is 19.5. The Balaban J connectivity index is 1.95. The van der Waals surface area contributed by atoms with Gasteiger partial charge in [0, 0.05) is 22.2 Å². The Morgan fingerprint density at radius 2 is 1.77 bits per heavy atom. The number of phenols is 1. The second kappa shape index (κ2) is 8.49. The third-order valence-electron chi connectivity index (χ3n) is 3.51. The second-order valence-electron chi connectivity index (χ2n) is 5.88. The summed E-state index contributed by atoms with van der Waals surface area (Å²) in [5.41, 5.74) is 0.831. The quantitative estimate of drug-likeness (QED) is 0.593. The maximum absolute atomic E-state index is 12.1. The molecule has 0 aliphatic carbocycles. The van der Waals surface area contributed by atoms with Gasteiger partial charge in [-0.15, -0.1) is 0 Å². The number of benzene rings is 2. The van der Waals surface area contributed by atoms with Gasteiger partial charge in [-0.05, 0) is 42.5 Å². The molecule has 26 heavy (non-hydrogen) atoms. The molecule has 6 nitrogen and oxygen atoms in total. The van der Waals surface area contributed by atoms with E-state index < -0.39 is 18.4 Å². The van der Waals surface area contributed by atoms with Gasteiger partial charge >= 0.3 is 5.97 Å². The highest BCUT2D eigenvalue weighted by Gasteiger charge is 2.16. The number of hydrogen-bond donors (Lipinski definition) is 2. The summed E-state index contributed by atoms with van der Waals surface area (Å²) in [7, 11) is 0. The molecule has 0 unspecified atom stereocenters. The van der Waals surface area contributed by atoms with E-state index in [1.807, 2.05) is 0 Å². The molecule has 0 radical (unpaired) electrons. The Hall–Kier alpha value is -2.86. The number of ether oxygens (including phenoxy) is 1. The highest BCUT2D eigenvalue weighted by molar-refractivity contribution is 6.30. The molecule has 0 aromatic heterocycles. The van der Waals surface area contributed by atoms with Crippen molar-refractivity contribution in [3.63, 3.8) is 0 Å². The first-order valence-electron chi connectivity index (χ1n) is 7.87. The van der Waals surface area contributed by atoms with Gasteiger partial charge in [0.2, 0.25) is 5.91 Å². The fourth-order valence-electron chi connectivity index (χ4n) is 2.00. The Morgan fingerprint density at radius 1 is 1.12 bits per heavy atom. The number of halogens is 1. The third-order valence-corrected chi connectivity index (χ3v) is 3.75. The van der Waals surface area contributed by atoms with Crippen LogP contribution in [0.1, 0.15) is 34.6 Å².